The summed E-state index contributed by atoms with van der Waals surface area (Å²) in [5.41, 5.74) is 4.24. The van der Waals surface area contributed by atoms with Crippen molar-refractivity contribution in [3.05, 3.63) is 29.8 Å². The largest absolute Gasteiger partial charge is 0.545 e. The summed E-state index contributed by atoms with van der Waals surface area (Å²) in [6.45, 7) is 2.07. The maximum absolute atomic E-state index is 11.8. The summed E-state index contributed by atoms with van der Waals surface area (Å²) in [5.74, 6) is -3.17. The summed E-state index contributed by atoms with van der Waals surface area (Å²) in [6.07, 6.45) is 3.53. The van der Waals surface area contributed by atoms with E-state index in [1.165, 1.54) is 18.2 Å². The normalized spacial score (nSPS) is 9.96. The van der Waals surface area contributed by atoms with Crippen LogP contribution < -0.4 is 21.3 Å². The van der Waals surface area contributed by atoms with E-state index in [4.69, 9.17) is 0 Å². The Kier molecular flexibility index (Phi) is 8.70. The van der Waals surface area contributed by atoms with Gasteiger partial charge in [0.2, 0.25) is 17.7 Å². The van der Waals surface area contributed by atoms with Gasteiger partial charge in [-0.25, -0.2) is 0 Å². The Morgan fingerprint density at radius 2 is 1.60 bits per heavy atom. The summed E-state index contributed by atoms with van der Waals surface area (Å²) >= 11 is 0. The number of carboxylic acids is 1. The molecule has 1 rings (SSSR count). The van der Waals surface area contributed by atoms with Crippen LogP contribution in [-0.2, 0) is 14.4 Å². The topological polar surface area (TPSA) is 127 Å². The fourth-order valence-electron chi connectivity index (χ4n) is 2.07. The highest BCUT2D eigenvalue weighted by atomic mass is 16.4. The van der Waals surface area contributed by atoms with E-state index in [-0.39, 0.29) is 17.2 Å². The van der Waals surface area contributed by atoms with E-state index in [1.807, 2.05) is 0 Å². The van der Waals surface area contributed by atoms with Gasteiger partial charge in [0.05, 0.1) is 5.97 Å². The molecule has 0 fully saturated rings. The van der Waals surface area contributed by atoms with Crippen molar-refractivity contribution in [1.82, 2.24) is 10.9 Å². The quantitative estimate of drug-likeness (QED) is 0.340. The van der Waals surface area contributed by atoms with Crippen molar-refractivity contribution in [2.75, 3.05) is 5.32 Å². The van der Waals surface area contributed by atoms with Crippen LogP contribution in [0.4, 0.5) is 5.69 Å². The van der Waals surface area contributed by atoms with Crippen molar-refractivity contribution in [3.8, 4) is 0 Å². The number of para-hydroxylation sites is 1. The molecule has 8 heteroatoms. The van der Waals surface area contributed by atoms with E-state index in [9.17, 15) is 24.3 Å². The second-order valence-corrected chi connectivity index (χ2v) is 5.47. The predicted octanol–water partition coefficient (Wildman–Crippen LogP) is 0.497. The smallest absolute Gasteiger partial charge is 0.247 e. The van der Waals surface area contributed by atoms with Gasteiger partial charge in [-0.1, -0.05) is 44.4 Å². The van der Waals surface area contributed by atoms with E-state index >= 15 is 0 Å². The van der Waals surface area contributed by atoms with E-state index in [2.05, 4.69) is 23.1 Å². The van der Waals surface area contributed by atoms with Gasteiger partial charge in [0.25, 0.3) is 0 Å². The van der Waals surface area contributed by atoms with Crippen LogP contribution >= 0.6 is 0 Å². The van der Waals surface area contributed by atoms with Crippen molar-refractivity contribution < 1.29 is 24.3 Å². The number of nitrogens with one attached hydrogen (secondary N) is 3. The molecule has 8 nitrogen and oxygen atoms in total. The Hall–Kier alpha value is -2.90. The van der Waals surface area contributed by atoms with Gasteiger partial charge in [-0.2, -0.15) is 0 Å². The highest BCUT2D eigenvalue weighted by Crippen LogP contribution is 2.14. The van der Waals surface area contributed by atoms with Gasteiger partial charge in [-0.15, -0.1) is 0 Å². The van der Waals surface area contributed by atoms with E-state index in [1.54, 1.807) is 6.07 Å². The highest BCUT2D eigenvalue weighted by molar-refractivity contribution is 6.06. The molecule has 0 radical (unpaired) electrons. The van der Waals surface area contributed by atoms with Gasteiger partial charge in [0.15, 0.2) is 0 Å². The predicted molar refractivity (Wildman–Crippen MR) is 89.1 cm³/mol. The van der Waals surface area contributed by atoms with Crippen LogP contribution in [0.25, 0.3) is 0 Å². The first kappa shape index (κ1) is 20.1. The number of unbranched alkanes of at least 4 members (excludes halogenated alkanes) is 3. The Bertz CT molecular complexity index is 630. The van der Waals surface area contributed by atoms with Crippen molar-refractivity contribution in [2.45, 2.75) is 45.4 Å². The van der Waals surface area contributed by atoms with Crippen LogP contribution in [0, 0.1) is 0 Å². The fraction of sp³-hybridized carbons (Fsp3) is 0.412. The number of hydrogen-bond acceptors (Lipinski definition) is 5. The lowest BCUT2D eigenvalue weighted by atomic mass is 10.1. The molecule has 0 bridgehead atoms. The van der Waals surface area contributed by atoms with Gasteiger partial charge in [0.1, 0.15) is 6.42 Å². The standard InChI is InChI=1S/C17H23N3O5/c1-2-3-4-5-10-14(21)19-20-16(23)11-15(22)18-13-9-7-6-8-12(13)17(24)25/h6-9H,2-5,10-11H2,1H3,(H,18,22)(H,19,21)(H,20,23)(H,24,25)/p-1. The molecule has 0 aliphatic rings. The van der Waals surface area contributed by atoms with Crippen molar-refractivity contribution in [3.63, 3.8) is 0 Å². The molecule has 0 unspecified atom stereocenters. The third-order valence-corrected chi connectivity index (χ3v) is 3.34. The minimum absolute atomic E-state index is 0.0419. The first-order chi connectivity index (χ1) is 11.9. The first-order valence-electron chi connectivity index (χ1n) is 8.12. The number of aromatic carboxylic acids is 1. The molecule has 1 aromatic carbocycles. The number of carboxylic acid groups (broad SMARTS) is 1. The molecule has 1 aromatic rings. The Morgan fingerprint density at radius 3 is 2.28 bits per heavy atom. The zero-order valence-electron chi connectivity index (χ0n) is 14.1. The lowest BCUT2D eigenvalue weighted by Crippen LogP contribution is -2.42. The maximum atomic E-state index is 11.8. The Balaban J connectivity index is 2.36. The molecule has 0 saturated carbocycles. The van der Waals surface area contributed by atoms with Crippen LogP contribution in [-0.4, -0.2) is 23.7 Å². The zero-order chi connectivity index (χ0) is 18.7. The fourth-order valence-corrected chi connectivity index (χ4v) is 2.07. The maximum Gasteiger partial charge on any atom is 0.247 e. The molecular formula is C17H22N3O5-. The number of hydrazine groups is 1. The molecule has 0 heterocycles. The van der Waals surface area contributed by atoms with Crippen LogP contribution in [0.5, 0.6) is 0 Å². The number of hydrogen-bond donors (Lipinski definition) is 3. The van der Waals surface area contributed by atoms with Crippen LogP contribution in [0.15, 0.2) is 24.3 Å². The number of amides is 3. The molecular weight excluding hydrogens is 326 g/mol. The summed E-state index contributed by atoms with van der Waals surface area (Å²) in [7, 11) is 0. The lowest BCUT2D eigenvalue weighted by Gasteiger charge is -2.11. The molecule has 0 aromatic heterocycles. The molecule has 0 spiro atoms. The average molecular weight is 348 g/mol. The van der Waals surface area contributed by atoms with Crippen LogP contribution in [0.3, 0.4) is 0 Å². The molecule has 3 amide bonds. The minimum atomic E-state index is -1.43. The third-order valence-electron chi connectivity index (χ3n) is 3.34. The van der Waals surface area contributed by atoms with Gasteiger partial charge in [-0.3, -0.25) is 25.2 Å². The van der Waals surface area contributed by atoms with Crippen LogP contribution in [0.1, 0.15) is 55.8 Å². The molecule has 136 valence electrons. The summed E-state index contributed by atoms with van der Waals surface area (Å²) in [5, 5.41) is 13.3. The van der Waals surface area contributed by atoms with E-state index < -0.39 is 24.2 Å². The van der Waals surface area contributed by atoms with Gasteiger partial charge in [0, 0.05) is 17.7 Å². The minimum Gasteiger partial charge on any atom is -0.545 e. The molecule has 0 aliphatic carbocycles. The number of anilines is 1. The summed E-state index contributed by atoms with van der Waals surface area (Å²) < 4.78 is 0. The van der Waals surface area contributed by atoms with Crippen LogP contribution in [0.2, 0.25) is 0 Å². The van der Waals surface area contributed by atoms with Gasteiger partial charge >= 0.3 is 0 Å². The second kappa shape index (κ2) is 10.8. The van der Waals surface area contributed by atoms with E-state index in [0.717, 1.165) is 25.7 Å². The number of rotatable bonds is 9. The average Bonchev–Trinajstić information content (AvgIpc) is 2.57. The monoisotopic (exact) mass is 348 g/mol. The summed E-state index contributed by atoms with van der Waals surface area (Å²) in [4.78, 5) is 45.9. The second-order valence-electron chi connectivity index (χ2n) is 5.47. The summed E-state index contributed by atoms with van der Waals surface area (Å²) in [6, 6.07) is 5.70. The van der Waals surface area contributed by atoms with Crippen molar-refractivity contribution in [1.29, 1.82) is 0 Å². The molecule has 0 saturated heterocycles. The van der Waals surface area contributed by atoms with Crippen molar-refractivity contribution >= 4 is 29.4 Å². The lowest BCUT2D eigenvalue weighted by molar-refractivity contribution is -0.254. The molecule has 25 heavy (non-hydrogen) atoms. The first-order valence-corrected chi connectivity index (χ1v) is 8.12. The molecule has 3 N–H and O–H groups in total. The number of carbonyl (C=O) groups is 4. The van der Waals surface area contributed by atoms with Gasteiger partial charge in [-0.05, 0) is 12.5 Å². The highest BCUT2D eigenvalue weighted by Gasteiger charge is 2.12. The Labute approximate surface area is 146 Å². The Morgan fingerprint density at radius 1 is 0.920 bits per heavy atom. The SMILES string of the molecule is CCCCCCC(=O)NNC(=O)CC(=O)Nc1ccccc1C(=O)[O-]. The van der Waals surface area contributed by atoms with Gasteiger partial charge < -0.3 is 15.2 Å². The zero-order valence-corrected chi connectivity index (χ0v) is 14.1. The van der Waals surface area contributed by atoms with E-state index in [0.29, 0.717) is 6.42 Å². The third kappa shape index (κ3) is 7.96. The molecule has 0 atom stereocenters. The molecule has 0 aliphatic heterocycles. The van der Waals surface area contributed by atoms with Crippen molar-refractivity contribution in [2.24, 2.45) is 0 Å². The number of carbonyl (C=O) groups excluding carboxylic acids is 4. The number of benzene rings is 1.